The third-order valence-corrected chi connectivity index (χ3v) is 4.93. The van der Waals surface area contributed by atoms with Crippen molar-refractivity contribution in [2.24, 2.45) is 0 Å². The van der Waals surface area contributed by atoms with Crippen molar-refractivity contribution in [1.29, 1.82) is 0 Å². The summed E-state index contributed by atoms with van der Waals surface area (Å²) in [6, 6.07) is 18.3. The molecule has 2 aromatic carbocycles. The van der Waals surface area contributed by atoms with Gasteiger partial charge >= 0.3 is 0 Å². The number of hydrogen-bond donors (Lipinski definition) is 2. The average molecular weight is 359 g/mol. The molecule has 1 heterocycles. The lowest BCUT2D eigenvalue weighted by Crippen LogP contribution is -2.41. The lowest BCUT2D eigenvalue weighted by molar-refractivity contribution is 0.208. The Labute approximate surface area is 150 Å². The summed E-state index contributed by atoms with van der Waals surface area (Å²) in [6.45, 7) is 2.99. The summed E-state index contributed by atoms with van der Waals surface area (Å²) >= 11 is 0. The number of rotatable bonds is 6. The Balaban J connectivity index is 1.65. The van der Waals surface area contributed by atoms with Gasteiger partial charge in [-0.2, -0.15) is 0 Å². The first kappa shape index (κ1) is 17.8. The number of nitrogens with zero attached hydrogens (tertiary/aromatic N) is 1. The highest BCUT2D eigenvalue weighted by Crippen LogP contribution is 2.25. The number of para-hydroxylation sites is 2. The molecule has 0 amide bonds. The van der Waals surface area contributed by atoms with Gasteiger partial charge in [-0.25, -0.2) is 8.42 Å². The van der Waals surface area contributed by atoms with Crippen LogP contribution in [-0.4, -0.2) is 38.7 Å². The summed E-state index contributed by atoms with van der Waals surface area (Å²) in [5, 5.41) is 3.52. The van der Waals surface area contributed by atoms with E-state index in [2.05, 4.69) is 39.2 Å². The SMILES string of the molecule is CS(=O)(=O)Nc1ccccc1NC1CCCN(Cc2ccccc2)C1. The van der Waals surface area contributed by atoms with Crippen molar-refractivity contribution in [3.05, 3.63) is 60.2 Å². The van der Waals surface area contributed by atoms with Gasteiger partial charge in [0.25, 0.3) is 0 Å². The average Bonchev–Trinajstić information content (AvgIpc) is 2.57. The van der Waals surface area contributed by atoms with Crippen LogP contribution in [0.2, 0.25) is 0 Å². The first-order chi connectivity index (χ1) is 12.0. The van der Waals surface area contributed by atoms with Crippen LogP contribution in [0.25, 0.3) is 0 Å². The molecule has 1 atom stereocenters. The Hall–Kier alpha value is -2.05. The lowest BCUT2D eigenvalue weighted by atomic mass is 10.0. The maximum Gasteiger partial charge on any atom is 0.229 e. The first-order valence-corrected chi connectivity index (χ1v) is 10.5. The van der Waals surface area contributed by atoms with E-state index in [0.29, 0.717) is 11.7 Å². The van der Waals surface area contributed by atoms with Gasteiger partial charge in [0.1, 0.15) is 0 Å². The van der Waals surface area contributed by atoms with Crippen molar-refractivity contribution in [2.75, 3.05) is 29.4 Å². The third kappa shape index (κ3) is 5.47. The van der Waals surface area contributed by atoms with E-state index in [9.17, 15) is 8.42 Å². The van der Waals surface area contributed by atoms with Gasteiger partial charge in [-0.1, -0.05) is 42.5 Å². The van der Waals surface area contributed by atoms with Crippen molar-refractivity contribution in [2.45, 2.75) is 25.4 Å². The monoisotopic (exact) mass is 359 g/mol. The highest BCUT2D eigenvalue weighted by Gasteiger charge is 2.20. The van der Waals surface area contributed by atoms with E-state index in [4.69, 9.17) is 0 Å². The van der Waals surface area contributed by atoms with E-state index in [-0.39, 0.29) is 0 Å². The number of anilines is 2. The van der Waals surface area contributed by atoms with E-state index in [1.54, 1.807) is 6.07 Å². The number of nitrogens with one attached hydrogen (secondary N) is 2. The molecule has 1 fully saturated rings. The second-order valence-electron chi connectivity index (χ2n) is 6.62. The molecule has 0 aliphatic carbocycles. The summed E-state index contributed by atoms with van der Waals surface area (Å²) in [7, 11) is -3.29. The van der Waals surface area contributed by atoms with Crippen LogP contribution in [0.3, 0.4) is 0 Å². The van der Waals surface area contributed by atoms with Crippen molar-refractivity contribution in [3.8, 4) is 0 Å². The Kier molecular flexibility index (Phi) is 5.60. The van der Waals surface area contributed by atoms with E-state index in [0.717, 1.165) is 38.2 Å². The fourth-order valence-corrected chi connectivity index (χ4v) is 3.85. The Morgan fingerprint density at radius 1 is 1.04 bits per heavy atom. The molecule has 1 unspecified atom stereocenters. The maximum atomic E-state index is 11.6. The van der Waals surface area contributed by atoms with E-state index < -0.39 is 10.0 Å². The molecule has 0 aromatic heterocycles. The highest BCUT2D eigenvalue weighted by molar-refractivity contribution is 7.92. The van der Waals surface area contributed by atoms with Crippen LogP contribution < -0.4 is 10.0 Å². The fourth-order valence-electron chi connectivity index (χ4n) is 3.28. The molecule has 2 N–H and O–H groups in total. The minimum atomic E-state index is -3.29. The highest BCUT2D eigenvalue weighted by atomic mass is 32.2. The molecule has 25 heavy (non-hydrogen) atoms. The molecule has 0 spiro atoms. The topological polar surface area (TPSA) is 61.4 Å². The number of hydrogen-bond acceptors (Lipinski definition) is 4. The Bertz CT molecular complexity index is 793. The maximum absolute atomic E-state index is 11.6. The predicted molar refractivity (Wildman–Crippen MR) is 103 cm³/mol. The van der Waals surface area contributed by atoms with Gasteiger partial charge in [0.2, 0.25) is 10.0 Å². The lowest BCUT2D eigenvalue weighted by Gasteiger charge is -2.34. The molecule has 1 aliphatic rings. The molecule has 0 radical (unpaired) electrons. The smallest absolute Gasteiger partial charge is 0.229 e. The van der Waals surface area contributed by atoms with Gasteiger partial charge in [0.05, 0.1) is 17.6 Å². The van der Waals surface area contributed by atoms with Crippen molar-refractivity contribution in [3.63, 3.8) is 0 Å². The van der Waals surface area contributed by atoms with E-state index in [1.165, 1.54) is 11.8 Å². The van der Waals surface area contributed by atoms with Crippen LogP contribution in [0.15, 0.2) is 54.6 Å². The zero-order valence-electron chi connectivity index (χ0n) is 14.5. The van der Waals surface area contributed by atoms with Crippen LogP contribution in [0.1, 0.15) is 18.4 Å². The van der Waals surface area contributed by atoms with Crippen LogP contribution >= 0.6 is 0 Å². The number of sulfonamides is 1. The summed E-state index contributed by atoms with van der Waals surface area (Å²) in [6.07, 6.45) is 3.39. The molecule has 134 valence electrons. The van der Waals surface area contributed by atoms with Crippen molar-refractivity contribution >= 4 is 21.4 Å². The molecule has 6 heteroatoms. The van der Waals surface area contributed by atoms with E-state index in [1.807, 2.05) is 24.3 Å². The molecule has 0 bridgehead atoms. The summed E-state index contributed by atoms with van der Waals surface area (Å²) in [5.74, 6) is 0. The van der Waals surface area contributed by atoms with Gasteiger partial charge in [-0.3, -0.25) is 9.62 Å². The van der Waals surface area contributed by atoms with E-state index >= 15 is 0 Å². The first-order valence-electron chi connectivity index (χ1n) is 8.59. The van der Waals surface area contributed by atoms with Crippen molar-refractivity contribution < 1.29 is 8.42 Å². The number of piperidine rings is 1. The second-order valence-corrected chi connectivity index (χ2v) is 8.37. The zero-order chi connectivity index (χ0) is 17.7. The van der Waals surface area contributed by atoms with Crippen LogP contribution in [0.5, 0.6) is 0 Å². The van der Waals surface area contributed by atoms with Gasteiger partial charge < -0.3 is 5.32 Å². The van der Waals surface area contributed by atoms with Crippen LogP contribution in [0.4, 0.5) is 11.4 Å². The third-order valence-electron chi connectivity index (χ3n) is 4.34. The fraction of sp³-hybridized carbons (Fsp3) is 0.368. The molecule has 3 rings (SSSR count). The Morgan fingerprint density at radius 3 is 2.44 bits per heavy atom. The molecule has 0 saturated carbocycles. The predicted octanol–water partition coefficient (Wildman–Crippen LogP) is 3.13. The van der Waals surface area contributed by atoms with Gasteiger partial charge in [0, 0.05) is 19.1 Å². The van der Waals surface area contributed by atoms with Crippen LogP contribution in [-0.2, 0) is 16.6 Å². The largest absolute Gasteiger partial charge is 0.379 e. The minimum Gasteiger partial charge on any atom is -0.379 e. The number of benzene rings is 2. The summed E-state index contributed by atoms with van der Waals surface area (Å²) in [5.41, 5.74) is 2.76. The minimum absolute atomic E-state index is 0.306. The molecule has 1 saturated heterocycles. The normalized spacial score (nSPS) is 18.7. The Morgan fingerprint density at radius 2 is 1.72 bits per heavy atom. The summed E-state index contributed by atoms with van der Waals surface area (Å²) < 4.78 is 25.7. The van der Waals surface area contributed by atoms with Gasteiger partial charge in [0.15, 0.2) is 0 Å². The molecule has 2 aromatic rings. The molecule has 5 nitrogen and oxygen atoms in total. The molecule has 1 aliphatic heterocycles. The van der Waals surface area contributed by atoms with Crippen LogP contribution in [0, 0.1) is 0 Å². The summed E-state index contributed by atoms with van der Waals surface area (Å²) in [4.78, 5) is 2.45. The van der Waals surface area contributed by atoms with Crippen molar-refractivity contribution in [1.82, 2.24) is 4.90 Å². The second kappa shape index (κ2) is 7.89. The van der Waals surface area contributed by atoms with Gasteiger partial charge in [-0.15, -0.1) is 0 Å². The number of likely N-dealkylation sites (tertiary alicyclic amines) is 1. The van der Waals surface area contributed by atoms with Gasteiger partial charge in [-0.05, 0) is 37.1 Å². The standard InChI is InChI=1S/C19H25N3O2S/c1-25(23,24)21-19-12-6-5-11-18(19)20-17-10-7-13-22(15-17)14-16-8-3-2-4-9-16/h2-6,8-9,11-12,17,20-21H,7,10,13-15H2,1H3. The quantitative estimate of drug-likeness (QED) is 0.832. The zero-order valence-corrected chi connectivity index (χ0v) is 15.3. The molecular weight excluding hydrogens is 334 g/mol. The molecular formula is C19H25N3O2S.